The van der Waals surface area contributed by atoms with Gasteiger partial charge in [-0.15, -0.1) is 11.3 Å². The molecule has 7 heteroatoms. The van der Waals surface area contributed by atoms with Crippen molar-refractivity contribution in [1.82, 2.24) is 0 Å². The molecule has 2 aromatic heterocycles. The van der Waals surface area contributed by atoms with Crippen LogP contribution in [0.5, 0.6) is 0 Å². The number of rotatable bonds is 6. The van der Waals surface area contributed by atoms with E-state index in [0.29, 0.717) is 20.8 Å². The Bertz CT molecular complexity index is 2720. The second-order valence-corrected chi connectivity index (χ2v) is 16.6. The Morgan fingerprint density at radius 1 is 0.491 bits per heavy atom. The molecule has 0 aliphatic carbocycles. The number of furan rings is 1. The summed E-state index contributed by atoms with van der Waals surface area (Å²) in [6.45, 7) is 6.64. The molecule has 7 aromatic carbocycles. The number of hydrogen-bond acceptors (Lipinski definition) is 4. The average molecular weight is 768 g/mol. The van der Waals surface area contributed by atoms with Crippen LogP contribution in [-0.2, 0) is 5.41 Å². The van der Waals surface area contributed by atoms with Gasteiger partial charge in [-0.05, 0) is 102 Å². The standard InChI is InChI=1S/C46H33Cl3N2OS/c1-46(2,3)28-15-17-30(18-16-28)51(40-24-29(47)23-39(48)45(40)49)32-10-8-9-31(25-32)50(33-19-21-42-37(26-33)35-11-4-6-13-41(35)52-42)34-20-22-44-38(27-34)36-12-5-7-14-43(36)53-44/h4-27H,1-3H3. The second kappa shape index (κ2) is 13.2. The molecule has 9 rings (SSSR count). The van der Waals surface area contributed by atoms with Gasteiger partial charge in [-0.3, -0.25) is 0 Å². The van der Waals surface area contributed by atoms with Crippen LogP contribution < -0.4 is 9.80 Å². The molecule has 0 aliphatic rings. The molecule has 0 fully saturated rings. The molecule has 9 aromatic rings. The average Bonchev–Trinajstić information content (AvgIpc) is 3.72. The third-order valence-electron chi connectivity index (χ3n) is 9.79. The predicted octanol–water partition coefficient (Wildman–Crippen LogP) is 16.2. The molecular formula is C46H33Cl3N2OS. The molecule has 0 unspecified atom stereocenters. The van der Waals surface area contributed by atoms with Gasteiger partial charge in [0.25, 0.3) is 0 Å². The SMILES string of the molecule is CC(C)(C)c1ccc(N(c2cccc(N(c3ccc4oc5ccccc5c4c3)c3ccc4sc5ccccc5c4c3)c2)c2cc(Cl)cc(Cl)c2Cl)cc1. The summed E-state index contributed by atoms with van der Waals surface area (Å²) >= 11 is 22.1. The van der Waals surface area contributed by atoms with E-state index in [1.807, 2.05) is 29.5 Å². The van der Waals surface area contributed by atoms with Gasteiger partial charge >= 0.3 is 0 Å². The van der Waals surface area contributed by atoms with E-state index in [9.17, 15) is 0 Å². The minimum absolute atomic E-state index is 0.00290. The van der Waals surface area contributed by atoms with E-state index in [1.165, 1.54) is 25.7 Å². The van der Waals surface area contributed by atoms with E-state index in [2.05, 4.69) is 152 Å². The van der Waals surface area contributed by atoms with Crippen LogP contribution in [0.1, 0.15) is 26.3 Å². The van der Waals surface area contributed by atoms with Crippen molar-refractivity contribution >= 4 is 122 Å². The van der Waals surface area contributed by atoms with Crippen molar-refractivity contribution in [2.75, 3.05) is 9.80 Å². The normalized spacial score (nSPS) is 12.0. The van der Waals surface area contributed by atoms with Crippen LogP contribution in [0.3, 0.4) is 0 Å². The van der Waals surface area contributed by atoms with Crippen LogP contribution in [-0.4, -0.2) is 0 Å². The maximum Gasteiger partial charge on any atom is 0.135 e. The van der Waals surface area contributed by atoms with Crippen LogP contribution in [0.4, 0.5) is 34.1 Å². The highest BCUT2D eigenvalue weighted by molar-refractivity contribution is 7.25. The topological polar surface area (TPSA) is 19.6 Å². The first-order valence-electron chi connectivity index (χ1n) is 17.4. The lowest BCUT2D eigenvalue weighted by atomic mass is 9.87. The first-order valence-corrected chi connectivity index (χ1v) is 19.4. The van der Waals surface area contributed by atoms with Crippen LogP contribution in [0.25, 0.3) is 42.1 Å². The van der Waals surface area contributed by atoms with E-state index < -0.39 is 0 Å². The Balaban J connectivity index is 1.26. The highest BCUT2D eigenvalue weighted by Gasteiger charge is 2.23. The van der Waals surface area contributed by atoms with E-state index in [1.54, 1.807) is 6.07 Å². The van der Waals surface area contributed by atoms with Crippen molar-refractivity contribution in [3.05, 3.63) is 166 Å². The lowest BCUT2D eigenvalue weighted by molar-refractivity contribution is 0.590. The summed E-state index contributed by atoms with van der Waals surface area (Å²) < 4.78 is 8.76. The largest absolute Gasteiger partial charge is 0.456 e. The van der Waals surface area contributed by atoms with Crippen LogP contribution >= 0.6 is 46.1 Å². The Labute approximate surface area is 327 Å². The third-order valence-corrected chi connectivity index (χ3v) is 12.0. The Morgan fingerprint density at radius 3 is 1.87 bits per heavy atom. The molecule has 0 N–H and O–H groups in total. The number of anilines is 6. The van der Waals surface area contributed by atoms with Crippen molar-refractivity contribution < 1.29 is 4.42 Å². The zero-order valence-electron chi connectivity index (χ0n) is 29.2. The van der Waals surface area contributed by atoms with Crippen LogP contribution in [0.15, 0.2) is 150 Å². The minimum atomic E-state index is -0.00290. The van der Waals surface area contributed by atoms with E-state index in [0.717, 1.165) is 50.4 Å². The van der Waals surface area contributed by atoms with Gasteiger partial charge in [0.2, 0.25) is 0 Å². The zero-order chi connectivity index (χ0) is 36.4. The van der Waals surface area contributed by atoms with E-state index >= 15 is 0 Å². The van der Waals surface area contributed by atoms with E-state index in [-0.39, 0.29) is 5.41 Å². The molecule has 3 nitrogen and oxygen atoms in total. The summed E-state index contributed by atoms with van der Waals surface area (Å²) in [5.74, 6) is 0. The Kier molecular flexibility index (Phi) is 8.40. The third kappa shape index (κ3) is 6.10. The molecule has 260 valence electrons. The Hall–Kier alpha value is -4.97. The molecule has 0 saturated heterocycles. The summed E-state index contributed by atoms with van der Waals surface area (Å²) in [6.07, 6.45) is 0. The molecule has 0 radical (unpaired) electrons. The highest BCUT2D eigenvalue weighted by atomic mass is 35.5. The van der Waals surface area contributed by atoms with Gasteiger partial charge in [0, 0.05) is 64.4 Å². The monoisotopic (exact) mass is 766 g/mol. The van der Waals surface area contributed by atoms with Gasteiger partial charge in [-0.25, -0.2) is 0 Å². The summed E-state index contributed by atoms with van der Waals surface area (Å²) in [5, 5.41) is 5.92. The molecule has 0 atom stereocenters. The maximum atomic E-state index is 6.99. The smallest absolute Gasteiger partial charge is 0.135 e. The number of nitrogens with zero attached hydrogens (tertiary/aromatic N) is 2. The summed E-state index contributed by atoms with van der Waals surface area (Å²) in [5.41, 5.74) is 8.47. The molecule has 0 amide bonds. The lowest BCUT2D eigenvalue weighted by Gasteiger charge is -2.30. The number of hydrogen-bond donors (Lipinski definition) is 0. The maximum absolute atomic E-state index is 6.99. The Morgan fingerprint density at radius 2 is 1.09 bits per heavy atom. The molecule has 0 spiro atoms. The van der Waals surface area contributed by atoms with Crippen molar-refractivity contribution in [3.63, 3.8) is 0 Å². The molecule has 0 saturated carbocycles. The fourth-order valence-electron chi connectivity index (χ4n) is 7.17. The number of halogens is 3. The molecule has 53 heavy (non-hydrogen) atoms. The number of fused-ring (bicyclic) bond motifs is 6. The number of thiophene rings is 1. The first-order chi connectivity index (χ1) is 25.6. The molecule has 0 bridgehead atoms. The lowest BCUT2D eigenvalue weighted by Crippen LogP contribution is -2.15. The fraction of sp³-hybridized carbons (Fsp3) is 0.0870. The van der Waals surface area contributed by atoms with E-state index in [4.69, 9.17) is 39.2 Å². The first kappa shape index (κ1) is 33.8. The van der Waals surface area contributed by atoms with Crippen molar-refractivity contribution in [3.8, 4) is 0 Å². The van der Waals surface area contributed by atoms with Crippen molar-refractivity contribution in [2.24, 2.45) is 0 Å². The van der Waals surface area contributed by atoms with Gasteiger partial charge in [0.15, 0.2) is 0 Å². The van der Waals surface area contributed by atoms with Gasteiger partial charge in [0.05, 0.1) is 15.7 Å². The number of benzene rings is 7. The fourth-order valence-corrected chi connectivity index (χ4v) is 8.93. The van der Waals surface area contributed by atoms with Crippen molar-refractivity contribution in [1.29, 1.82) is 0 Å². The summed E-state index contributed by atoms with van der Waals surface area (Å²) in [4.78, 5) is 4.43. The molecule has 2 heterocycles. The second-order valence-electron chi connectivity index (χ2n) is 14.3. The highest BCUT2D eigenvalue weighted by Crippen LogP contribution is 2.47. The van der Waals surface area contributed by atoms with Crippen LogP contribution in [0.2, 0.25) is 15.1 Å². The van der Waals surface area contributed by atoms with Gasteiger partial charge in [-0.2, -0.15) is 0 Å². The van der Waals surface area contributed by atoms with Crippen molar-refractivity contribution in [2.45, 2.75) is 26.2 Å². The number of para-hydroxylation sites is 1. The predicted molar refractivity (Wildman–Crippen MR) is 230 cm³/mol. The van der Waals surface area contributed by atoms with Gasteiger partial charge in [0.1, 0.15) is 11.2 Å². The molecular weight excluding hydrogens is 735 g/mol. The summed E-state index contributed by atoms with van der Waals surface area (Å²) in [7, 11) is 0. The summed E-state index contributed by atoms with van der Waals surface area (Å²) in [6, 6.07) is 50.6. The minimum Gasteiger partial charge on any atom is -0.456 e. The van der Waals surface area contributed by atoms with Gasteiger partial charge in [-0.1, -0.05) is 110 Å². The van der Waals surface area contributed by atoms with Gasteiger partial charge < -0.3 is 14.2 Å². The molecule has 0 aliphatic heterocycles. The quantitative estimate of drug-likeness (QED) is 0.157. The van der Waals surface area contributed by atoms with Crippen LogP contribution in [0, 0.1) is 0 Å². The zero-order valence-corrected chi connectivity index (χ0v) is 32.3.